The quantitative estimate of drug-likeness (QED) is 0.299. The molecule has 0 bridgehead atoms. The van der Waals surface area contributed by atoms with Crippen LogP contribution in [0.15, 0.2) is 35.8 Å². The van der Waals surface area contributed by atoms with E-state index in [1.54, 1.807) is 32.6 Å². The molecule has 0 aliphatic carbocycles. The molecule has 0 aliphatic rings. The van der Waals surface area contributed by atoms with Gasteiger partial charge in [0, 0.05) is 31.0 Å². The fourth-order valence-corrected chi connectivity index (χ4v) is 3.62. The standard InChI is InChI=1S/C24H29N7OS/c1-16-10-20-19(11-17(16)6-5-8-25)18(12-21(29-20)22-14-27-15-30(22)4)13-28-31(23(26)33)9-7-24(2,3)32/h10-15,32H,5-7,9H2,1-4H3,(H2,26,33)/b28-13+. The number of hydrazone groups is 1. The number of benzene rings is 1. The van der Waals surface area contributed by atoms with Gasteiger partial charge in [-0.1, -0.05) is 0 Å². The molecule has 8 nitrogen and oxygen atoms in total. The van der Waals surface area contributed by atoms with E-state index in [0.717, 1.165) is 39.0 Å². The highest BCUT2D eigenvalue weighted by Crippen LogP contribution is 2.27. The number of hydrogen-bond donors (Lipinski definition) is 2. The fourth-order valence-electron chi connectivity index (χ4n) is 3.49. The Morgan fingerprint density at radius 2 is 2.15 bits per heavy atom. The van der Waals surface area contributed by atoms with Crippen LogP contribution in [0.1, 0.15) is 43.4 Å². The van der Waals surface area contributed by atoms with Crippen molar-refractivity contribution in [3.8, 4) is 17.5 Å². The Bertz CT molecular complexity index is 1230. The van der Waals surface area contributed by atoms with Crippen molar-refractivity contribution < 1.29 is 5.11 Å². The van der Waals surface area contributed by atoms with Gasteiger partial charge in [0.25, 0.3) is 0 Å². The lowest BCUT2D eigenvalue weighted by Gasteiger charge is -2.22. The van der Waals surface area contributed by atoms with Crippen LogP contribution in [0.25, 0.3) is 22.3 Å². The monoisotopic (exact) mass is 463 g/mol. The zero-order valence-corrected chi connectivity index (χ0v) is 20.2. The predicted molar refractivity (Wildman–Crippen MR) is 135 cm³/mol. The van der Waals surface area contributed by atoms with Crippen molar-refractivity contribution in [3.63, 3.8) is 0 Å². The van der Waals surface area contributed by atoms with Gasteiger partial charge in [-0.2, -0.15) is 10.4 Å². The molecule has 0 amide bonds. The topological polar surface area (TPSA) is 116 Å². The van der Waals surface area contributed by atoms with Crippen LogP contribution >= 0.6 is 12.2 Å². The summed E-state index contributed by atoms with van der Waals surface area (Å²) in [5.74, 6) is 0. The molecule has 0 unspecified atom stereocenters. The van der Waals surface area contributed by atoms with Crippen LogP contribution in [0.5, 0.6) is 0 Å². The Labute approximate surface area is 199 Å². The van der Waals surface area contributed by atoms with E-state index in [1.807, 2.05) is 30.7 Å². The highest BCUT2D eigenvalue weighted by atomic mass is 32.1. The molecule has 3 rings (SSSR count). The first-order chi connectivity index (χ1) is 15.6. The van der Waals surface area contributed by atoms with Crippen LogP contribution in [-0.2, 0) is 13.5 Å². The van der Waals surface area contributed by atoms with Crippen molar-refractivity contribution in [2.24, 2.45) is 17.9 Å². The first-order valence-electron chi connectivity index (χ1n) is 10.7. The van der Waals surface area contributed by atoms with E-state index >= 15 is 0 Å². The first kappa shape index (κ1) is 24.3. The summed E-state index contributed by atoms with van der Waals surface area (Å²) in [6.07, 6.45) is 6.79. The molecule has 0 aliphatic heterocycles. The zero-order valence-electron chi connectivity index (χ0n) is 19.4. The molecule has 0 saturated carbocycles. The number of hydrogen-bond acceptors (Lipinski definition) is 6. The third-order valence-electron chi connectivity index (χ3n) is 5.41. The number of aliphatic hydroxyl groups is 1. The third-order valence-corrected chi connectivity index (χ3v) is 5.62. The number of thiocarbonyl (C=S) groups is 1. The van der Waals surface area contributed by atoms with E-state index in [0.29, 0.717) is 25.8 Å². The molecular weight excluding hydrogens is 434 g/mol. The second-order valence-electron chi connectivity index (χ2n) is 8.71. The van der Waals surface area contributed by atoms with E-state index in [1.165, 1.54) is 5.01 Å². The number of nitriles is 1. The predicted octanol–water partition coefficient (Wildman–Crippen LogP) is 3.44. The van der Waals surface area contributed by atoms with Crippen LogP contribution in [0.2, 0.25) is 0 Å². The van der Waals surface area contributed by atoms with E-state index in [2.05, 4.69) is 22.2 Å². The van der Waals surface area contributed by atoms with Crippen LogP contribution in [-0.4, -0.2) is 48.1 Å². The van der Waals surface area contributed by atoms with Gasteiger partial charge in [-0.05, 0) is 75.2 Å². The average molecular weight is 464 g/mol. The SMILES string of the molecule is Cc1cc2nc(-c3cncn3C)cc(/C=N/N(CCC(C)(C)O)C(N)=S)c2cc1CCC#N. The number of rotatable bonds is 8. The molecule has 3 aromatic rings. The Balaban J connectivity index is 2.11. The molecule has 9 heteroatoms. The van der Waals surface area contributed by atoms with Crippen molar-refractivity contribution in [1.82, 2.24) is 19.5 Å². The molecule has 0 spiro atoms. The zero-order chi connectivity index (χ0) is 24.2. The highest BCUT2D eigenvalue weighted by Gasteiger charge is 2.16. The van der Waals surface area contributed by atoms with Crippen molar-refractivity contribution in [2.45, 2.75) is 45.6 Å². The second kappa shape index (κ2) is 10.1. The summed E-state index contributed by atoms with van der Waals surface area (Å²) in [4.78, 5) is 9.08. The van der Waals surface area contributed by atoms with Crippen LogP contribution in [0.4, 0.5) is 0 Å². The third kappa shape index (κ3) is 6.12. The Morgan fingerprint density at radius 3 is 2.76 bits per heavy atom. The minimum Gasteiger partial charge on any atom is -0.390 e. The summed E-state index contributed by atoms with van der Waals surface area (Å²) in [6.45, 7) is 5.88. The maximum absolute atomic E-state index is 10.1. The smallest absolute Gasteiger partial charge is 0.186 e. The summed E-state index contributed by atoms with van der Waals surface area (Å²) in [5, 5.41) is 26.2. The molecule has 2 heterocycles. The van der Waals surface area contributed by atoms with Crippen LogP contribution < -0.4 is 5.73 Å². The van der Waals surface area contributed by atoms with Gasteiger partial charge < -0.3 is 15.4 Å². The normalized spacial score (nSPS) is 11.8. The molecule has 0 fully saturated rings. The lowest BCUT2D eigenvalue weighted by atomic mass is 9.98. The van der Waals surface area contributed by atoms with Crippen molar-refractivity contribution in [1.29, 1.82) is 5.26 Å². The molecule has 1 aromatic carbocycles. The van der Waals surface area contributed by atoms with Crippen molar-refractivity contribution in [3.05, 3.63) is 47.4 Å². The maximum Gasteiger partial charge on any atom is 0.186 e. The number of nitrogens with zero attached hydrogens (tertiary/aromatic N) is 6. The Kier molecular flexibility index (Phi) is 7.41. The lowest BCUT2D eigenvalue weighted by molar-refractivity contribution is 0.0649. The summed E-state index contributed by atoms with van der Waals surface area (Å²) < 4.78 is 1.91. The number of pyridine rings is 1. The maximum atomic E-state index is 10.1. The van der Waals surface area contributed by atoms with Crippen LogP contribution in [0.3, 0.4) is 0 Å². The largest absolute Gasteiger partial charge is 0.390 e. The van der Waals surface area contributed by atoms with E-state index in [9.17, 15) is 5.11 Å². The van der Waals surface area contributed by atoms with Gasteiger partial charge in [0.2, 0.25) is 0 Å². The molecule has 172 valence electrons. The number of imidazole rings is 1. The number of aryl methyl sites for hydroxylation is 3. The van der Waals surface area contributed by atoms with Gasteiger partial charge in [0.05, 0.1) is 47.3 Å². The van der Waals surface area contributed by atoms with Crippen molar-refractivity contribution >= 4 is 34.4 Å². The van der Waals surface area contributed by atoms with E-state index in [-0.39, 0.29) is 5.11 Å². The first-order valence-corrected chi connectivity index (χ1v) is 11.1. The summed E-state index contributed by atoms with van der Waals surface area (Å²) in [6, 6.07) is 8.29. The molecule has 0 radical (unpaired) electrons. The minimum atomic E-state index is -0.859. The number of nitrogens with two attached hydrogens (primary N) is 1. The molecule has 0 saturated heterocycles. The Hall–Kier alpha value is -3.35. The Morgan fingerprint density at radius 1 is 1.39 bits per heavy atom. The minimum absolute atomic E-state index is 0.131. The van der Waals surface area contributed by atoms with Gasteiger partial charge in [-0.3, -0.25) is 0 Å². The lowest BCUT2D eigenvalue weighted by Crippen LogP contribution is -2.35. The van der Waals surface area contributed by atoms with Gasteiger partial charge in [0.1, 0.15) is 0 Å². The summed E-state index contributed by atoms with van der Waals surface area (Å²) in [5.41, 5.74) is 10.5. The molecule has 3 N–H and O–H groups in total. The molecule has 2 aromatic heterocycles. The molecule has 0 atom stereocenters. The van der Waals surface area contributed by atoms with Gasteiger partial charge in [-0.25, -0.2) is 15.0 Å². The second-order valence-corrected chi connectivity index (χ2v) is 9.13. The summed E-state index contributed by atoms with van der Waals surface area (Å²) >= 11 is 5.16. The van der Waals surface area contributed by atoms with Gasteiger partial charge in [0.15, 0.2) is 5.11 Å². The number of fused-ring (bicyclic) bond motifs is 1. The molecule has 33 heavy (non-hydrogen) atoms. The van der Waals surface area contributed by atoms with E-state index in [4.69, 9.17) is 28.2 Å². The van der Waals surface area contributed by atoms with Crippen molar-refractivity contribution in [2.75, 3.05) is 6.54 Å². The van der Waals surface area contributed by atoms with Gasteiger partial charge >= 0.3 is 0 Å². The average Bonchev–Trinajstić information content (AvgIpc) is 3.16. The van der Waals surface area contributed by atoms with E-state index < -0.39 is 5.60 Å². The summed E-state index contributed by atoms with van der Waals surface area (Å²) in [7, 11) is 1.92. The highest BCUT2D eigenvalue weighted by molar-refractivity contribution is 7.80. The van der Waals surface area contributed by atoms with Crippen LogP contribution in [0, 0.1) is 18.3 Å². The molecular formula is C24H29N7OS. The fraction of sp³-hybridized carbons (Fsp3) is 0.375. The number of aromatic nitrogens is 3. The van der Waals surface area contributed by atoms with Gasteiger partial charge in [-0.15, -0.1) is 0 Å².